The van der Waals surface area contributed by atoms with Gasteiger partial charge in [0.25, 0.3) is 0 Å². The lowest BCUT2D eigenvalue weighted by Gasteiger charge is -2.69. The largest absolute Gasteiger partial charge is 0.508 e. The van der Waals surface area contributed by atoms with E-state index < -0.39 is 0 Å². The molecule has 110 valence electrons. The summed E-state index contributed by atoms with van der Waals surface area (Å²) in [5.41, 5.74) is 4.82. The number of aryl methyl sites for hydroxylation is 1. The first-order chi connectivity index (χ1) is 10.6. The average molecular weight is 291 g/mol. The number of rotatable bonds is 2. The zero-order valence-electron chi connectivity index (χ0n) is 12.5. The van der Waals surface area contributed by atoms with E-state index in [4.69, 9.17) is 9.40 Å². The smallest absolute Gasteiger partial charge is 0.201 e. The van der Waals surface area contributed by atoms with Crippen LogP contribution in [0.2, 0.25) is 0 Å². The van der Waals surface area contributed by atoms with E-state index in [0.717, 1.165) is 36.3 Å². The van der Waals surface area contributed by atoms with Gasteiger partial charge in [-0.15, -0.1) is 0 Å². The van der Waals surface area contributed by atoms with E-state index in [1.54, 1.807) is 12.1 Å². The fraction of sp³-hybridized carbons (Fsp3) is 0.316. The molecule has 0 amide bonds. The Labute approximate surface area is 128 Å². The Bertz CT molecular complexity index is 872. The molecular weight excluding hydrogens is 274 g/mol. The molecule has 0 spiro atoms. The van der Waals surface area contributed by atoms with Crippen molar-refractivity contribution in [3.8, 4) is 5.75 Å². The van der Waals surface area contributed by atoms with Gasteiger partial charge in [-0.25, -0.2) is 4.98 Å². The molecule has 1 N–H and O–H groups in total. The molecule has 2 aromatic carbocycles. The zero-order valence-corrected chi connectivity index (χ0v) is 12.5. The van der Waals surface area contributed by atoms with Gasteiger partial charge in [0, 0.05) is 5.41 Å². The second-order valence-corrected chi connectivity index (χ2v) is 7.13. The van der Waals surface area contributed by atoms with Crippen LogP contribution in [-0.4, -0.2) is 10.1 Å². The molecule has 3 heteroatoms. The summed E-state index contributed by atoms with van der Waals surface area (Å²) in [7, 11) is 0. The first-order valence-electron chi connectivity index (χ1n) is 7.76. The Hall–Kier alpha value is -2.29. The van der Waals surface area contributed by atoms with E-state index >= 15 is 0 Å². The van der Waals surface area contributed by atoms with Gasteiger partial charge in [-0.2, -0.15) is 0 Å². The minimum absolute atomic E-state index is 0.144. The highest BCUT2D eigenvalue weighted by molar-refractivity contribution is 5.73. The number of hydrogen-bond donors (Lipinski definition) is 1. The summed E-state index contributed by atoms with van der Waals surface area (Å²) in [4.78, 5) is 4.72. The van der Waals surface area contributed by atoms with E-state index in [1.165, 1.54) is 11.1 Å². The van der Waals surface area contributed by atoms with Gasteiger partial charge in [-0.1, -0.05) is 18.2 Å². The molecular formula is C19H17NO2. The Morgan fingerprint density at radius 1 is 1.00 bits per heavy atom. The third-order valence-electron chi connectivity index (χ3n) is 5.51. The number of fused-ring (bicyclic) bond motifs is 1. The molecule has 3 aromatic rings. The van der Waals surface area contributed by atoms with Crippen LogP contribution in [0.15, 0.2) is 46.9 Å². The number of oxazole rings is 1. The minimum atomic E-state index is 0.144. The molecule has 1 heterocycles. The second-order valence-electron chi connectivity index (χ2n) is 7.13. The second kappa shape index (κ2) is 3.72. The molecule has 6 rings (SSSR count). The molecule has 0 radical (unpaired) electrons. The van der Waals surface area contributed by atoms with Crippen LogP contribution in [0.1, 0.15) is 36.3 Å². The number of nitrogens with zero attached hydrogens (tertiary/aromatic N) is 1. The predicted molar refractivity (Wildman–Crippen MR) is 84.1 cm³/mol. The molecule has 3 fully saturated rings. The van der Waals surface area contributed by atoms with Crippen LogP contribution in [0.25, 0.3) is 11.1 Å². The number of benzene rings is 2. The lowest BCUT2D eigenvalue weighted by Crippen LogP contribution is -2.67. The van der Waals surface area contributed by atoms with Crippen LogP contribution >= 0.6 is 0 Å². The van der Waals surface area contributed by atoms with Gasteiger partial charge in [0.1, 0.15) is 11.3 Å². The molecule has 0 saturated heterocycles. The topological polar surface area (TPSA) is 46.3 Å². The van der Waals surface area contributed by atoms with Crippen LogP contribution in [-0.2, 0) is 10.8 Å². The van der Waals surface area contributed by atoms with Gasteiger partial charge in [0.05, 0.1) is 0 Å². The van der Waals surface area contributed by atoms with Crippen molar-refractivity contribution in [2.75, 3.05) is 0 Å². The lowest BCUT2D eigenvalue weighted by atomic mass is 9.33. The van der Waals surface area contributed by atoms with Crippen molar-refractivity contribution in [2.45, 2.75) is 37.0 Å². The first-order valence-corrected chi connectivity index (χ1v) is 7.76. The molecule has 3 aliphatic rings. The highest BCUT2D eigenvalue weighted by Crippen LogP contribution is 2.73. The van der Waals surface area contributed by atoms with E-state index in [9.17, 15) is 5.11 Å². The normalized spacial score (nSPS) is 29.1. The molecule has 3 aliphatic carbocycles. The average Bonchev–Trinajstić information content (AvgIpc) is 2.80. The third kappa shape index (κ3) is 1.43. The fourth-order valence-electron chi connectivity index (χ4n) is 4.39. The number of phenols is 1. The van der Waals surface area contributed by atoms with Gasteiger partial charge in [0.15, 0.2) is 5.58 Å². The SMILES string of the molecule is Cc1ccc2nc(C34CC(c5ccc(O)cc5)(C3)C4)oc2c1. The van der Waals surface area contributed by atoms with Crippen molar-refractivity contribution in [1.82, 2.24) is 4.98 Å². The van der Waals surface area contributed by atoms with E-state index in [0.29, 0.717) is 5.75 Å². The summed E-state index contributed by atoms with van der Waals surface area (Å²) < 4.78 is 6.04. The van der Waals surface area contributed by atoms with Crippen molar-refractivity contribution in [1.29, 1.82) is 0 Å². The van der Waals surface area contributed by atoms with Crippen LogP contribution in [0.5, 0.6) is 5.75 Å². The van der Waals surface area contributed by atoms with Crippen molar-refractivity contribution in [2.24, 2.45) is 0 Å². The zero-order chi connectivity index (χ0) is 14.9. The molecule has 2 bridgehead atoms. The maximum absolute atomic E-state index is 9.43. The Balaban J connectivity index is 1.46. The van der Waals surface area contributed by atoms with Crippen LogP contribution in [0.3, 0.4) is 0 Å². The Morgan fingerprint density at radius 2 is 1.73 bits per heavy atom. The standard InChI is InChI=1S/C19H17NO2/c1-12-2-7-15-16(8-12)22-17(20-15)19-9-18(10-19,11-19)13-3-5-14(21)6-4-13/h2-8,21H,9-11H2,1H3. The molecule has 0 aliphatic heterocycles. The fourth-order valence-corrected chi connectivity index (χ4v) is 4.39. The summed E-state index contributed by atoms with van der Waals surface area (Å²) in [6, 6.07) is 13.8. The number of phenolic OH excluding ortho intramolecular Hbond substituents is 1. The third-order valence-corrected chi connectivity index (χ3v) is 5.51. The number of aromatic nitrogens is 1. The maximum atomic E-state index is 9.43. The predicted octanol–water partition coefficient (Wildman–Crippen LogP) is 4.22. The van der Waals surface area contributed by atoms with Crippen LogP contribution < -0.4 is 0 Å². The van der Waals surface area contributed by atoms with E-state index in [2.05, 4.69) is 19.1 Å². The Kier molecular flexibility index (Phi) is 2.08. The molecule has 3 saturated carbocycles. The maximum Gasteiger partial charge on any atom is 0.201 e. The van der Waals surface area contributed by atoms with Crippen LogP contribution in [0.4, 0.5) is 0 Å². The summed E-state index contributed by atoms with van der Waals surface area (Å²) in [5.74, 6) is 1.24. The van der Waals surface area contributed by atoms with Crippen molar-refractivity contribution in [3.63, 3.8) is 0 Å². The van der Waals surface area contributed by atoms with E-state index in [-0.39, 0.29) is 10.8 Å². The summed E-state index contributed by atoms with van der Waals surface area (Å²) in [5, 5.41) is 9.43. The van der Waals surface area contributed by atoms with Crippen molar-refractivity contribution >= 4 is 11.1 Å². The van der Waals surface area contributed by atoms with Crippen LogP contribution in [0, 0.1) is 6.92 Å². The molecule has 3 nitrogen and oxygen atoms in total. The van der Waals surface area contributed by atoms with Gasteiger partial charge in [-0.05, 0) is 67.0 Å². The molecule has 22 heavy (non-hydrogen) atoms. The molecule has 0 unspecified atom stereocenters. The molecule has 1 aromatic heterocycles. The summed E-state index contributed by atoms with van der Waals surface area (Å²) >= 11 is 0. The van der Waals surface area contributed by atoms with Gasteiger partial charge < -0.3 is 9.52 Å². The summed E-state index contributed by atoms with van der Waals surface area (Å²) in [6.07, 6.45) is 3.32. The highest BCUT2D eigenvalue weighted by Gasteiger charge is 2.71. The van der Waals surface area contributed by atoms with Crippen molar-refractivity contribution < 1.29 is 9.52 Å². The highest BCUT2D eigenvalue weighted by atomic mass is 16.3. The van der Waals surface area contributed by atoms with E-state index in [1.807, 2.05) is 18.2 Å². The minimum Gasteiger partial charge on any atom is -0.508 e. The number of hydrogen-bond acceptors (Lipinski definition) is 3. The Morgan fingerprint density at radius 3 is 2.45 bits per heavy atom. The first kappa shape index (κ1) is 12.3. The van der Waals surface area contributed by atoms with Gasteiger partial charge >= 0.3 is 0 Å². The monoisotopic (exact) mass is 291 g/mol. The van der Waals surface area contributed by atoms with Gasteiger partial charge in [-0.3, -0.25) is 0 Å². The summed E-state index contributed by atoms with van der Waals surface area (Å²) in [6.45, 7) is 2.07. The quantitative estimate of drug-likeness (QED) is 0.769. The van der Waals surface area contributed by atoms with Gasteiger partial charge in [0.2, 0.25) is 5.89 Å². The molecule has 0 atom stereocenters. The number of aromatic hydroxyl groups is 1. The van der Waals surface area contributed by atoms with Crippen molar-refractivity contribution in [3.05, 3.63) is 59.5 Å². The lowest BCUT2D eigenvalue weighted by molar-refractivity contribution is -0.0857.